The van der Waals surface area contributed by atoms with Crippen molar-refractivity contribution < 1.29 is 23.6 Å². The summed E-state index contributed by atoms with van der Waals surface area (Å²) >= 11 is 0. The Bertz CT molecular complexity index is 1230. The van der Waals surface area contributed by atoms with Crippen LogP contribution in [-0.2, 0) is 19.2 Å². The molecular formula is C25H20FN3O4. The number of carbonyl (C=O) groups is 3. The summed E-state index contributed by atoms with van der Waals surface area (Å²) in [6.45, 7) is 1.42. The van der Waals surface area contributed by atoms with Crippen LogP contribution in [0.4, 0.5) is 21.5 Å². The Labute approximate surface area is 189 Å². The van der Waals surface area contributed by atoms with Crippen LogP contribution >= 0.6 is 0 Å². The number of nitrogens with zero attached hydrogens (tertiary/aromatic N) is 2. The molecule has 0 spiro atoms. The van der Waals surface area contributed by atoms with Gasteiger partial charge in [-0.3, -0.25) is 19.2 Å². The normalized spacial score (nSPS) is 21.9. The van der Waals surface area contributed by atoms with Crippen molar-refractivity contribution in [2.75, 3.05) is 15.3 Å². The number of anilines is 3. The molecule has 0 bridgehead atoms. The van der Waals surface area contributed by atoms with Gasteiger partial charge >= 0.3 is 0 Å². The van der Waals surface area contributed by atoms with Gasteiger partial charge in [-0.25, -0.2) is 14.4 Å². The maximum absolute atomic E-state index is 14.4. The van der Waals surface area contributed by atoms with Crippen molar-refractivity contribution in [3.63, 3.8) is 0 Å². The van der Waals surface area contributed by atoms with Crippen LogP contribution in [0, 0.1) is 11.7 Å². The average molecular weight is 445 g/mol. The van der Waals surface area contributed by atoms with Gasteiger partial charge in [0.25, 0.3) is 5.91 Å². The first-order valence-electron chi connectivity index (χ1n) is 10.5. The number of hydrogen-bond acceptors (Lipinski definition) is 5. The topological polar surface area (TPSA) is 79.0 Å². The molecule has 0 aromatic heterocycles. The second kappa shape index (κ2) is 8.14. The number of nitrogens with one attached hydrogen (secondary N) is 1. The summed E-state index contributed by atoms with van der Waals surface area (Å²) in [4.78, 5) is 45.0. The fourth-order valence-electron chi connectivity index (χ4n) is 4.39. The molecule has 7 nitrogen and oxygen atoms in total. The number of hydroxylamine groups is 1. The molecule has 2 fully saturated rings. The number of rotatable bonds is 4. The second-order valence-electron chi connectivity index (χ2n) is 7.92. The Kier molecular flexibility index (Phi) is 5.14. The lowest BCUT2D eigenvalue weighted by Gasteiger charge is -2.29. The molecule has 0 aliphatic carbocycles. The molecule has 3 aromatic rings. The SMILES string of the molecule is CC(=O)Nc1ccc([C@H]2[C@@H]3C(=O)N(c4ccccc4F)C(=O)[C@H]3ON2c2ccccc2)cc1. The molecule has 2 aliphatic heterocycles. The highest BCUT2D eigenvalue weighted by atomic mass is 19.1. The third-order valence-corrected chi connectivity index (χ3v) is 5.79. The first-order chi connectivity index (χ1) is 16.0. The number of para-hydroxylation sites is 2. The number of halogens is 1. The van der Waals surface area contributed by atoms with E-state index < -0.39 is 35.7 Å². The summed E-state index contributed by atoms with van der Waals surface area (Å²) in [5.41, 5.74) is 1.92. The highest BCUT2D eigenvalue weighted by Gasteiger charge is 2.60. The van der Waals surface area contributed by atoms with Crippen LogP contribution in [0.1, 0.15) is 18.5 Å². The van der Waals surface area contributed by atoms with E-state index in [9.17, 15) is 18.8 Å². The van der Waals surface area contributed by atoms with Gasteiger partial charge in [-0.1, -0.05) is 42.5 Å². The first kappa shape index (κ1) is 20.8. The Hall–Kier alpha value is -4.04. The largest absolute Gasteiger partial charge is 0.326 e. The average Bonchev–Trinajstić information content (AvgIpc) is 3.31. The molecule has 2 heterocycles. The number of hydrogen-bond donors (Lipinski definition) is 1. The van der Waals surface area contributed by atoms with E-state index in [-0.39, 0.29) is 11.6 Å². The van der Waals surface area contributed by atoms with E-state index in [0.717, 1.165) is 10.5 Å². The third kappa shape index (κ3) is 3.54. The van der Waals surface area contributed by atoms with Crippen LogP contribution < -0.4 is 15.3 Å². The summed E-state index contributed by atoms with van der Waals surface area (Å²) < 4.78 is 14.4. The predicted molar refractivity (Wildman–Crippen MR) is 120 cm³/mol. The molecule has 3 aromatic carbocycles. The minimum Gasteiger partial charge on any atom is -0.326 e. The van der Waals surface area contributed by atoms with Crippen molar-refractivity contribution in [1.82, 2.24) is 0 Å². The number of benzene rings is 3. The summed E-state index contributed by atoms with van der Waals surface area (Å²) in [5, 5.41) is 4.27. The zero-order valence-corrected chi connectivity index (χ0v) is 17.6. The molecule has 33 heavy (non-hydrogen) atoms. The lowest BCUT2D eigenvalue weighted by Crippen LogP contribution is -2.37. The predicted octanol–water partition coefficient (Wildman–Crippen LogP) is 3.84. The number of carbonyl (C=O) groups excluding carboxylic acids is 3. The maximum atomic E-state index is 14.4. The van der Waals surface area contributed by atoms with Crippen molar-refractivity contribution in [3.8, 4) is 0 Å². The molecule has 1 N–H and O–H groups in total. The third-order valence-electron chi connectivity index (χ3n) is 5.79. The van der Waals surface area contributed by atoms with Crippen molar-refractivity contribution in [2.24, 2.45) is 5.92 Å². The Morgan fingerprint density at radius 1 is 0.909 bits per heavy atom. The number of amides is 3. The molecule has 5 rings (SSSR count). The van der Waals surface area contributed by atoms with Gasteiger partial charge in [0.1, 0.15) is 11.7 Å². The molecule has 3 atom stereocenters. The molecule has 8 heteroatoms. The van der Waals surface area contributed by atoms with E-state index in [2.05, 4.69) is 5.32 Å². The fourth-order valence-corrected chi connectivity index (χ4v) is 4.39. The molecule has 2 aliphatic rings. The molecule has 0 unspecified atom stereocenters. The van der Waals surface area contributed by atoms with E-state index in [1.807, 2.05) is 30.3 Å². The minimum absolute atomic E-state index is 0.0866. The summed E-state index contributed by atoms with van der Waals surface area (Å²) in [7, 11) is 0. The van der Waals surface area contributed by atoms with Gasteiger partial charge in [0.2, 0.25) is 11.8 Å². The van der Waals surface area contributed by atoms with Crippen molar-refractivity contribution in [3.05, 3.63) is 90.2 Å². The zero-order valence-electron chi connectivity index (χ0n) is 17.6. The van der Waals surface area contributed by atoms with Gasteiger partial charge in [0.05, 0.1) is 17.4 Å². The summed E-state index contributed by atoms with van der Waals surface area (Å²) in [6.07, 6.45) is -1.09. The Morgan fingerprint density at radius 3 is 2.24 bits per heavy atom. The van der Waals surface area contributed by atoms with Crippen LogP contribution in [0.3, 0.4) is 0 Å². The van der Waals surface area contributed by atoms with Gasteiger partial charge in [-0.2, -0.15) is 0 Å². The highest BCUT2D eigenvalue weighted by Crippen LogP contribution is 2.47. The van der Waals surface area contributed by atoms with Crippen molar-refractivity contribution >= 4 is 34.8 Å². The van der Waals surface area contributed by atoms with Gasteiger partial charge in [-0.15, -0.1) is 0 Å². The van der Waals surface area contributed by atoms with Crippen LogP contribution in [0.5, 0.6) is 0 Å². The number of imide groups is 1. The Morgan fingerprint density at radius 2 is 1.58 bits per heavy atom. The second-order valence-corrected chi connectivity index (χ2v) is 7.92. The van der Waals surface area contributed by atoms with Crippen LogP contribution in [0.15, 0.2) is 78.9 Å². The van der Waals surface area contributed by atoms with Gasteiger partial charge in [0, 0.05) is 12.6 Å². The van der Waals surface area contributed by atoms with Gasteiger partial charge in [-0.05, 0) is 42.0 Å². The van der Waals surface area contributed by atoms with Crippen LogP contribution in [-0.4, -0.2) is 23.8 Å². The minimum atomic E-state index is -1.09. The zero-order chi connectivity index (χ0) is 23.1. The highest BCUT2D eigenvalue weighted by molar-refractivity contribution is 6.24. The molecular weight excluding hydrogens is 425 g/mol. The van der Waals surface area contributed by atoms with Crippen LogP contribution in [0.2, 0.25) is 0 Å². The summed E-state index contributed by atoms with van der Waals surface area (Å²) in [6, 6.07) is 21.2. The van der Waals surface area contributed by atoms with Gasteiger partial charge in [0.15, 0.2) is 6.10 Å². The fraction of sp³-hybridized carbons (Fsp3) is 0.160. The van der Waals surface area contributed by atoms with Crippen molar-refractivity contribution in [2.45, 2.75) is 19.1 Å². The lowest BCUT2D eigenvalue weighted by molar-refractivity contribution is -0.126. The summed E-state index contributed by atoms with van der Waals surface area (Å²) in [5.74, 6) is -2.85. The standard InChI is InChI=1S/C25H20FN3O4/c1-15(30)27-17-13-11-16(12-14-17)22-21-23(33-29(22)18-7-3-2-4-8-18)25(32)28(24(21)31)20-10-6-5-9-19(20)26/h2-14,21-23H,1H3,(H,27,30)/t21-,22-,23-/m0/s1. The molecule has 0 saturated carbocycles. The quantitative estimate of drug-likeness (QED) is 0.618. The van der Waals surface area contributed by atoms with E-state index in [0.29, 0.717) is 11.4 Å². The molecule has 0 radical (unpaired) electrons. The van der Waals surface area contributed by atoms with Crippen LogP contribution in [0.25, 0.3) is 0 Å². The molecule has 2 saturated heterocycles. The first-order valence-corrected chi connectivity index (χ1v) is 10.5. The number of fused-ring (bicyclic) bond motifs is 1. The Balaban J connectivity index is 1.56. The van der Waals surface area contributed by atoms with E-state index in [4.69, 9.17) is 4.84 Å². The monoisotopic (exact) mass is 445 g/mol. The van der Waals surface area contributed by atoms with Crippen molar-refractivity contribution in [1.29, 1.82) is 0 Å². The van der Waals surface area contributed by atoms with E-state index in [1.165, 1.54) is 25.1 Å². The smallest absolute Gasteiger partial charge is 0.266 e. The molecule has 166 valence electrons. The lowest BCUT2D eigenvalue weighted by atomic mass is 9.90. The van der Waals surface area contributed by atoms with E-state index >= 15 is 0 Å². The van der Waals surface area contributed by atoms with Gasteiger partial charge < -0.3 is 5.32 Å². The van der Waals surface area contributed by atoms with E-state index in [1.54, 1.807) is 35.4 Å². The molecule has 3 amide bonds. The maximum Gasteiger partial charge on any atom is 0.266 e.